The number of hydrogen-bond donors (Lipinski definition) is 2. The van der Waals surface area contributed by atoms with Gasteiger partial charge in [0, 0.05) is 7.05 Å². The van der Waals surface area contributed by atoms with Gasteiger partial charge in [0.1, 0.15) is 5.69 Å². The lowest BCUT2D eigenvalue weighted by atomic mass is 10.2. The molecule has 0 fully saturated rings. The monoisotopic (exact) mass is 242 g/mol. The van der Waals surface area contributed by atoms with E-state index in [1.54, 1.807) is 7.05 Å². The lowest BCUT2D eigenvalue weighted by Gasteiger charge is -2.14. The fourth-order valence-electron chi connectivity index (χ4n) is 1.63. The molecule has 0 saturated heterocycles. The highest BCUT2D eigenvalue weighted by Crippen LogP contribution is 2.29. The van der Waals surface area contributed by atoms with Crippen LogP contribution in [0.3, 0.4) is 0 Å². The van der Waals surface area contributed by atoms with Gasteiger partial charge in [0.2, 0.25) is 5.82 Å². The first-order chi connectivity index (χ1) is 8.04. The molecule has 7 nitrogen and oxygen atoms in total. The number of rotatable bonds is 6. The third-order valence-electron chi connectivity index (χ3n) is 2.66. The number of aliphatic hydroxyl groups is 1. The Morgan fingerprint density at radius 1 is 1.59 bits per heavy atom. The Morgan fingerprint density at radius 3 is 2.65 bits per heavy atom. The van der Waals surface area contributed by atoms with Crippen molar-refractivity contribution in [3.05, 3.63) is 15.8 Å². The molecule has 0 aliphatic carbocycles. The second kappa shape index (κ2) is 5.62. The van der Waals surface area contributed by atoms with Crippen LogP contribution in [0.1, 0.15) is 26.0 Å². The highest BCUT2D eigenvalue weighted by Gasteiger charge is 2.26. The van der Waals surface area contributed by atoms with E-state index in [-0.39, 0.29) is 18.3 Å². The first kappa shape index (κ1) is 13.4. The summed E-state index contributed by atoms with van der Waals surface area (Å²) in [6.45, 7) is 3.65. The van der Waals surface area contributed by atoms with Gasteiger partial charge in [-0.1, -0.05) is 13.8 Å². The molecule has 0 amide bonds. The lowest BCUT2D eigenvalue weighted by Crippen LogP contribution is -2.24. The Bertz CT molecular complexity index is 399. The van der Waals surface area contributed by atoms with Gasteiger partial charge in [-0.15, -0.1) is 0 Å². The van der Waals surface area contributed by atoms with Crippen LogP contribution in [-0.4, -0.2) is 32.5 Å². The van der Waals surface area contributed by atoms with E-state index >= 15 is 0 Å². The minimum Gasteiger partial charge on any atom is -0.394 e. The standard InChI is InChI=1S/C10H18N4O3/c1-4-7(6-15)11-10-9(14(16)17)8(5-2)12-13(10)3/h7,11,15H,4-6H2,1-3H3. The number of aliphatic hydroxyl groups excluding tert-OH is 1. The van der Waals surface area contributed by atoms with Crippen molar-refractivity contribution in [2.45, 2.75) is 32.7 Å². The van der Waals surface area contributed by atoms with E-state index in [2.05, 4.69) is 10.4 Å². The normalized spacial score (nSPS) is 12.5. The Labute approximate surface area is 99.6 Å². The van der Waals surface area contributed by atoms with Crippen LogP contribution in [0.5, 0.6) is 0 Å². The topological polar surface area (TPSA) is 93.2 Å². The van der Waals surface area contributed by atoms with Crippen LogP contribution in [0, 0.1) is 10.1 Å². The van der Waals surface area contributed by atoms with Crippen molar-refractivity contribution in [3.8, 4) is 0 Å². The molecule has 0 spiro atoms. The van der Waals surface area contributed by atoms with Gasteiger partial charge in [-0.25, -0.2) is 4.68 Å². The van der Waals surface area contributed by atoms with Crippen molar-refractivity contribution in [2.75, 3.05) is 11.9 Å². The summed E-state index contributed by atoms with van der Waals surface area (Å²) in [6, 6.07) is -0.200. The first-order valence-electron chi connectivity index (χ1n) is 5.62. The molecule has 7 heteroatoms. The molecule has 0 aromatic carbocycles. The molecule has 0 bridgehead atoms. The number of anilines is 1. The maximum absolute atomic E-state index is 11.0. The van der Waals surface area contributed by atoms with Crippen LogP contribution in [0.2, 0.25) is 0 Å². The largest absolute Gasteiger partial charge is 0.394 e. The van der Waals surface area contributed by atoms with Crippen LogP contribution < -0.4 is 5.32 Å². The summed E-state index contributed by atoms with van der Waals surface area (Å²) in [6.07, 6.45) is 1.18. The van der Waals surface area contributed by atoms with Gasteiger partial charge in [-0.2, -0.15) is 5.10 Å². The van der Waals surface area contributed by atoms with E-state index < -0.39 is 4.92 Å². The predicted octanol–water partition coefficient (Wildman–Crippen LogP) is 1.07. The summed E-state index contributed by atoms with van der Waals surface area (Å²) in [5.74, 6) is 0.354. The minimum absolute atomic E-state index is 0.00176. The molecule has 0 aliphatic rings. The molecule has 0 saturated carbocycles. The fourth-order valence-corrected chi connectivity index (χ4v) is 1.63. The van der Waals surface area contributed by atoms with Crippen LogP contribution in [0.25, 0.3) is 0 Å². The van der Waals surface area contributed by atoms with Crippen molar-refractivity contribution < 1.29 is 10.0 Å². The van der Waals surface area contributed by atoms with E-state index in [1.807, 2.05) is 13.8 Å². The van der Waals surface area contributed by atoms with E-state index in [0.29, 0.717) is 24.4 Å². The summed E-state index contributed by atoms with van der Waals surface area (Å²) in [5.41, 5.74) is 0.453. The van der Waals surface area contributed by atoms with Crippen LogP contribution in [0.15, 0.2) is 0 Å². The average Bonchev–Trinajstić information content (AvgIpc) is 2.62. The van der Waals surface area contributed by atoms with Crippen LogP contribution in [-0.2, 0) is 13.5 Å². The molecular formula is C10H18N4O3. The van der Waals surface area contributed by atoms with Crippen molar-refractivity contribution in [1.29, 1.82) is 0 Å². The predicted molar refractivity (Wildman–Crippen MR) is 64.0 cm³/mol. The summed E-state index contributed by atoms with van der Waals surface area (Å²) in [7, 11) is 1.65. The first-order valence-corrected chi connectivity index (χ1v) is 5.62. The van der Waals surface area contributed by atoms with Crippen molar-refractivity contribution in [1.82, 2.24) is 9.78 Å². The number of hydrogen-bond acceptors (Lipinski definition) is 5. The molecule has 96 valence electrons. The van der Waals surface area contributed by atoms with Crippen molar-refractivity contribution in [2.24, 2.45) is 7.05 Å². The maximum Gasteiger partial charge on any atom is 0.333 e. The Morgan fingerprint density at radius 2 is 2.24 bits per heavy atom. The average molecular weight is 242 g/mol. The highest BCUT2D eigenvalue weighted by atomic mass is 16.6. The van der Waals surface area contributed by atoms with Crippen LogP contribution >= 0.6 is 0 Å². The molecule has 1 rings (SSSR count). The van der Waals surface area contributed by atoms with Gasteiger partial charge in [-0.3, -0.25) is 10.1 Å². The lowest BCUT2D eigenvalue weighted by molar-refractivity contribution is -0.384. The summed E-state index contributed by atoms with van der Waals surface area (Å²) in [5, 5.41) is 27.2. The third kappa shape index (κ3) is 2.73. The van der Waals surface area contributed by atoms with E-state index in [9.17, 15) is 10.1 Å². The van der Waals surface area contributed by atoms with Gasteiger partial charge in [0.25, 0.3) is 0 Å². The quantitative estimate of drug-likeness (QED) is 0.575. The molecule has 0 aliphatic heterocycles. The smallest absolute Gasteiger partial charge is 0.333 e. The Hall–Kier alpha value is -1.63. The summed E-state index contributed by atoms with van der Waals surface area (Å²) in [4.78, 5) is 10.6. The molecule has 1 atom stereocenters. The minimum atomic E-state index is -0.432. The fraction of sp³-hybridized carbons (Fsp3) is 0.700. The molecule has 17 heavy (non-hydrogen) atoms. The van der Waals surface area contributed by atoms with Gasteiger partial charge >= 0.3 is 5.69 Å². The zero-order valence-corrected chi connectivity index (χ0v) is 10.3. The molecule has 1 unspecified atom stereocenters. The molecule has 1 heterocycles. The van der Waals surface area contributed by atoms with E-state index in [1.165, 1.54) is 4.68 Å². The zero-order valence-electron chi connectivity index (χ0n) is 10.3. The second-order valence-corrected chi connectivity index (χ2v) is 3.81. The van der Waals surface area contributed by atoms with Gasteiger partial charge in [0.15, 0.2) is 0 Å². The van der Waals surface area contributed by atoms with Crippen molar-refractivity contribution >= 4 is 11.5 Å². The number of nitrogens with zero attached hydrogens (tertiary/aromatic N) is 3. The van der Waals surface area contributed by atoms with E-state index in [0.717, 1.165) is 0 Å². The molecule has 1 aromatic heterocycles. The zero-order chi connectivity index (χ0) is 13.0. The second-order valence-electron chi connectivity index (χ2n) is 3.81. The van der Waals surface area contributed by atoms with Gasteiger partial charge in [-0.05, 0) is 12.8 Å². The molecule has 0 radical (unpaired) electrons. The SMILES string of the molecule is CCc1nn(C)c(NC(CC)CO)c1[N+](=O)[O-]. The number of aromatic nitrogens is 2. The number of nitrogens with one attached hydrogen (secondary N) is 1. The molecular weight excluding hydrogens is 224 g/mol. The summed E-state index contributed by atoms with van der Waals surface area (Å²) >= 11 is 0. The Kier molecular flexibility index (Phi) is 4.45. The highest BCUT2D eigenvalue weighted by molar-refractivity contribution is 5.60. The van der Waals surface area contributed by atoms with Gasteiger partial charge < -0.3 is 10.4 Å². The third-order valence-corrected chi connectivity index (χ3v) is 2.66. The van der Waals surface area contributed by atoms with Crippen molar-refractivity contribution in [3.63, 3.8) is 0 Å². The van der Waals surface area contributed by atoms with Gasteiger partial charge in [0.05, 0.1) is 17.6 Å². The number of aryl methyl sites for hydroxylation is 2. The number of nitro groups is 1. The van der Waals surface area contributed by atoms with E-state index in [4.69, 9.17) is 5.11 Å². The molecule has 1 aromatic rings. The van der Waals surface area contributed by atoms with Crippen LogP contribution in [0.4, 0.5) is 11.5 Å². The Balaban J connectivity index is 3.12. The summed E-state index contributed by atoms with van der Waals surface area (Å²) < 4.78 is 1.45. The molecule has 2 N–H and O–H groups in total. The maximum atomic E-state index is 11.0.